The molecule has 0 unspecified atom stereocenters. The summed E-state index contributed by atoms with van der Waals surface area (Å²) in [6, 6.07) is 19.5. The zero-order chi connectivity index (χ0) is 16.1. The van der Waals surface area contributed by atoms with Crippen molar-refractivity contribution in [2.45, 2.75) is 0 Å². The number of hydrogen-bond donors (Lipinski definition) is 0. The summed E-state index contributed by atoms with van der Waals surface area (Å²) in [4.78, 5) is 19.8. The molecule has 0 spiro atoms. The summed E-state index contributed by atoms with van der Waals surface area (Å²) in [5, 5.41) is -0.583. The van der Waals surface area contributed by atoms with Gasteiger partial charge in [-0.1, -0.05) is 60.7 Å². The van der Waals surface area contributed by atoms with Crippen LogP contribution in [0.15, 0.2) is 66.9 Å². The minimum atomic E-state index is -0.583. The maximum Gasteiger partial charge on any atom is 0.259 e. The quantitative estimate of drug-likeness (QED) is 0.667. The Morgan fingerprint density at radius 1 is 0.913 bits per heavy atom. The fourth-order valence-electron chi connectivity index (χ4n) is 2.18. The highest BCUT2D eigenvalue weighted by Gasteiger charge is 2.13. The molecule has 3 rings (SSSR count). The van der Waals surface area contributed by atoms with Gasteiger partial charge in [-0.15, -0.1) is 0 Å². The molecule has 0 aliphatic rings. The first kappa shape index (κ1) is 15.2. The molecule has 23 heavy (non-hydrogen) atoms. The lowest BCUT2D eigenvalue weighted by Crippen LogP contribution is -2.07. The minimum absolute atomic E-state index is 0.241. The van der Waals surface area contributed by atoms with E-state index in [9.17, 15) is 4.79 Å². The molecule has 2 aromatic carbocycles. The lowest BCUT2D eigenvalue weighted by molar-refractivity contribution is -0.113. The lowest BCUT2D eigenvalue weighted by atomic mass is 10.0. The van der Waals surface area contributed by atoms with Crippen molar-refractivity contribution < 1.29 is 9.53 Å². The molecule has 0 radical (unpaired) electrons. The molecule has 1 heterocycles. The van der Waals surface area contributed by atoms with Gasteiger partial charge >= 0.3 is 0 Å². The SMILES string of the molecule is O=C(Cl)COc1cnc(-c2ccccc2)c(-c2ccccc2)n1. The van der Waals surface area contributed by atoms with Crippen molar-refractivity contribution in [2.24, 2.45) is 0 Å². The summed E-state index contributed by atoms with van der Waals surface area (Å²) in [5.41, 5.74) is 3.32. The third kappa shape index (κ3) is 3.73. The van der Waals surface area contributed by atoms with Crippen LogP contribution in [-0.4, -0.2) is 21.8 Å². The molecule has 0 aliphatic carbocycles. The van der Waals surface area contributed by atoms with Crippen LogP contribution >= 0.6 is 11.6 Å². The first-order valence-electron chi connectivity index (χ1n) is 7.03. The van der Waals surface area contributed by atoms with Gasteiger partial charge < -0.3 is 4.74 Å². The van der Waals surface area contributed by atoms with E-state index in [2.05, 4.69) is 9.97 Å². The Kier molecular flexibility index (Phi) is 4.64. The van der Waals surface area contributed by atoms with Crippen molar-refractivity contribution in [3.05, 3.63) is 66.9 Å². The summed E-state index contributed by atoms with van der Waals surface area (Å²) in [5.74, 6) is 0.262. The Morgan fingerprint density at radius 3 is 2.04 bits per heavy atom. The van der Waals surface area contributed by atoms with Gasteiger partial charge in [0.25, 0.3) is 5.24 Å². The van der Waals surface area contributed by atoms with E-state index in [1.165, 1.54) is 6.20 Å². The molecule has 3 aromatic rings. The minimum Gasteiger partial charge on any atom is -0.467 e. The van der Waals surface area contributed by atoms with Crippen LogP contribution in [0.1, 0.15) is 0 Å². The van der Waals surface area contributed by atoms with Gasteiger partial charge in [-0.25, -0.2) is 9.97 Å². The van der Waals surface area contributed by atoms with E-state index in [4.69, 9.17) is 16.3 Å². The van der Waals surface area contributed by atoms with E-state index in [0.29, 0.717) is 5.69 Å². The van der Waals surface area contributed by atoms with Gasteiger partial charge in [0.15, 0.2) is 6.61 Å². The molecular weight excluding hydrogens is 312 g/mol. The van der Waals surface area contributed by atoms with Crippen LogP contribution in [0.4, 0.5) is 0 Å². The van der Waals surface area contributed by atoms with Crippen molar-refractivity contribution in [1.82, 2.24) is 9.97 Å². The Morgan fingerprint density at radius 2 is 1.48 bits per heavy atom. The zero-order valence-corrected chi connectivity index (χ0v) is 12.9. The highest BCUT2D eigenvalue weighted by atomic mass is 35.5. The van der Waals surface area contributed by atoms with Crippen LogP contribution in [-0.2, 0) is 4.79 Å². The molecule has 0 fully saturated rings. The molecule has 0 atom stereocenters. The molecule has 1 aromatic heterocycles. The number of aromatic nitrogens is 2. The van der Waals surface area contributed by atoms with Gasteiger partial charge in [-0.3, -0.25) is 4.79 Å². The third-order valence-corrected chi connectivity index (χ3v) is 3.29. The van der Waals surface area contributed by atoms with Crippen LogP contribution in [0.3, 0.4) is 0 Å². The lowest BCUT2D eigenvalue weighted by Gasteiger charge is -2.10. The van der Waals surface area contributed by atoms with Crippen LogP contribution in [0, 0.1) is 0 Å². The third-order valence-electron chi connectivity index (χ3n) is 3.18. The van der Waals surface area contributed by atoms with Gasteiger partial charge in [0.05, 0.1) is 11.9 Å². The molecule has 4 nitrogen and oxygen atoms in total. The summed E-state index contributed by atoms with van der Waals surface area (Å²) < 4.78 is 5.27. The van der Waals surface area contributed by atoms with Crippen LogP contribution in [0.2, 0.25) is 0 Å². The maximum absolute atomic E-state index is 10.9. The highest BCUT2D eigenvalue weighted by Crippen LogP contribution is 2.29. The van der Waals surface area contributed by atoms with Crippen LogP contribution < -0.4 is 4.74 Å². The smallest absolute Gasteiger partial charge is 0.259 e. The largest absolute Gasteiger partial charge is 0.467 e. The molecular formula is C18H13ClN2O2. The predicted octanol–water partition coefficient (Wildman–Crippen LogP) is 3.95. The predicted molar refractivity (Wildman–Crippen MR) is 89.3 cm³/mol. The van der Waals surface area contributed by atoms with Crippen molar-refractivity contribution >= 4 is 16.8 Å². The van der Waals surface area contributed by atoms with Gasteiger partial charge in [0.1, 0.15) is 5.69 Å². The highest BCUT2D eigenvalue weighted by molar-refractivity contribution is 6.63. The normalized spacial score (nSPS) is 10.3. The fourth-order valence-corrected chi connectivity index (χ4v) is 2.23. The second kappa shape index (κ2) is 7.03. The second-order valence-corrected chi connectivity index (χ2v) is 5.20. The molecule has 114 valence electrons. The molecule has 0 N–H and O–H groups in total. The molecule has 0 aliphatic heterocycles. The molecule has 0 saturated heterocycles. The number of carbonyl (C=O) groups is 1. The second-order valence-electron chi connectivity index (χ2n) is 4.78. The average Bonchev–Trinajstić information content (AvgIpc) is 2.61. The number of nitrogens with zero attached hydrogens (tertiary/aromatic N) is 2. The van der Waals surface area contributed by atoms with Crippen molar-refractivity contribution in [1.29, 1.82) is 0 Å². The Hall–Kier alpha value is -2.72. The number of carbonyl (C=O) groups excluding carboxylic acids is 1. The topological polar surface area (TPSA) is 52.1 Å². The standard InChI is InChI=1S/C18H13ClN2O2/c19-15(22)12-23-16-11-20-17(13-7-3-1-4-8-13)18(21-16)14-9-5-2-6-10-14/h1-11H,12H2. The van der Waals surface area contributed by atoms with Crippen LogP contribution in [0.5, 0.6) is 5.88 Å². The van der Waals surface area contributed by atoms with Crippen molar-refractivity contribution in [3.8, 4) is 28.4 Å². The molecule has 0 bridgehead atoms. The van der Waals surface area contributed by atoms with E-state index in [-0.39, 0.29) is 12.5 Å². The van der Waals surface area contributed by atoms with E-state index in [1.54, 1.807) is 0 Å². The molecule has 0 amide bonds. The first-order valence-corrected chi connectivity index (χ1v) is 7.41. The number of halogens is 1. The van der Waals surface area contributed by atoms with Gasteiger partial charge in [-0.05, 0) is 11.6 Å². The number of hydrogen-bond acceptors (Lipinski definition) is 4. The zero-order valence-electron chi connectivity index (χ0n) is 12.1. The van der Waals surface area contributed by atoms with Gasteiger partial charge in [0, 0.05) is 11.1 Å². The Labute approximate surface area is 138 Å². The molecule has 0 saturated carbocycles. The summed E-state index contributed by atoms with van der Waals surface area (Å²) in [6.07, 6.45) is 1.49. The maximum atomic E-state index is 10.9. The molecule has 5 heteroatoms. The van der Waals surface area contributed by atoms with Crippen LogP contribution in [0.25, 0.3) is 22.5 Å². The monoisotopic (exact) mass is 324 g/mol. The van der Waals surface area contributed by atoms with Gasteiger partial charge in [0.2, 0.25) is 5.88 Å². The Bertz CT molecular complexity index is 808. The number of benzene rings is 2. The van der Waals surface area contributed by atoms with Crippen molar-refractivity contribution in [2.75, 3.05) is 6.61 Å². The fraction of sp³-hybridized carbons (Fsp3) is 0.0556. The average molecular weight is 325 g/mol. The van der Waals surface area contributed by atoms with Crippen molar-refractivity contribution in [3.63, 3.8) is 0 Å². The number of rotatable bonds is 5. The van der Waals surface area contributed by atoms with E-state index in [1.807, 2.05) is 60.7 Å². The van der Waals surface area contributed by atoms with Gasteiger partial charge in [-0.2, -0.15) is 0 Å². The van der Waals surface area contributed by atoms with E-state index < -0.39 is 5.24 Å². The van der Waals surface area contributed by atoms with E-state index in [0.717, 1.165) is 16.8 Å². The summed E-state index contributed by atoms with van der Waals surface area (Å²) in [7, 11) is 0. The summed E-state index contributed by atoms with van der Waals surface area (Å²) >= 11 is 5.30. The summed E-state index contributed by atoms with van der Waals surface area (Å²) in [6.45, 7) is -0.241. The van der Waals surface area contributed by atoms with E-state index >= 15 is 0 Å². The first-order chi connectivity index (χ1) is 11.2. The number of ether oxygens (including phenoxy) is 1. The Balaban J connectivity index is 2.07.